The summed E-state index contributed by atoms with van der Waals surface area (Å²) in [6.07, 6.45) is 0. The van der Waals surface area contributed by atoms with Crippen LogP contribution in [0, 0.1) is 6.92 Å². The first-order valence-electron chi connectivity index (χ1n) is 7.53. The second kappa shape index (κ2) is 7.14. The van der Waals surface area contributed by atoms with Crippen LogP contribution in [0.15, 0.2) is 35.4 Å². The van der Waals surface area contributed by atoms with Gasteiger partial charge in [-0.1, -0.05) is 45.9 Å². The summed E-state index contributed by atoms with van der Waals surface area (Å²) in [7, 11) is 0. The van der Waals surface area contributed by atoms with E-state index in [1.54, 1.807) is 0 Å². The van der Waals surface area contributed by atoms with E-state index in [1.807, 2.05) is 17.8 Å². The van der Waals surface area contributed by atoms with Gasteiger partial charge in [-0.2, -0.15) is 5.10 Å². The van der Waals surface area contributed by atoms with Crippen molar-refractivity contribution in [3.05, 3.63) is 41.6 Å². The molecule has 1 aromatic heterocycles. The Morgan fingerprint density at radius 1 is 1.14 bits per heavy atom. The lowest BCUT2D eigenvalue weighted by atomic mass is 10.2. The van der Waals surface area contributed by atoms with E-state index in [0.29, 0.717) is 11.3 Å². The molecule has 0 aliphatic carbocycles. The zero-order valence-corrected chi connectivity index (χ0v) is 14.4. The SMILES string of the molecule is Cc1nn(-c2ccccc2)c(SC(C)C)c1CNC(C)C. The Balaban J connectivity index is 2.42. The third kappa shape index (κ3) is 4.11. The van der Waals surface area contributed by atoms with E-state index in [-0.39, 0.29) is 0 Å². The first kappa shape index (κ1) is 16.1. The smallest absolute Gasteiger partial charge is 0.105 e. The van der Waals surface area contributed by atoms with Crippen LogP contribution in [-0.2, 0) is 6.54 Å². The average molecular weight is 303 g/mol. The largest absolute Gasteiger partial charge is 0.310 e. The fraction of sp³-hybridized carbons (Fsp3) is 0.471. The van der Waals surface area contributed by atoms with Crippen LogP contribution in [0.2, 0.25) is 0 Å². The number of aryl methyl sites for hydroxylation is 1. The number of benzene rings is 1. The van der Waals surface area contributed by atoms with Gasteiger partial charge >= 0.3 is 0 Å². The minimum Gasteiger partial charge on any atom is -0.310 e. The predicted octanol–water partition coefficient (Wildman–Crippen LogP) is 4.18. The van der Waals surface area contributed by atoms with Crippen molar-refractivity contribution in [3.63, 3.8) is 0 Å². The van der Waals surface area contributed by atoms with Crippen molar-refractivity contribution in [2.75, 3.05) is 0 Å². The fourth-order valence-electron chi connectivity index (χ4n) is 2.14. The molecule has 0 fully saturated rings. The molecule has 1 heterocycles. The van der Waals surface area contributed by atoms with Crippen LogP contribution >= 0.6 is 11.8 Å². The molecule has 4 heteroatoms. The number of nitrogens with one attached hydrogen (secondary N) is 1. The Morgan fingerprint density at radius 2 is 1.81 bits per heavy atom. The van der Waals surface area contributed by atoms with Gasteiger partial charge in [-0.25, -0.2) is 4.68 Å². The van der Waals surface area contributed by atoms with Crippen LogP contribution in [-0.4, -0.2) is 21.1 Å². The van der Waals surface area contributed by atoms with E-state index in [2.05, 4.69) is 68.9 Å². The molecular weight excluding hydrogens is 278 g/mol. The van der Waals surface area contributed by atoms with Crippen molar-refractivity contribution in [2.45, 2.75) is 57.5 Å². The molecule has 0 bridgehead atoms. The number of hydrogen-bond donors (Lipinski definition) is 1. The van der Waals surface area contributed by atoms with Gasteiger partial charge in [0, 0.05) is 23.4 Å². The maximum atomic E-state index is 4.77. The summed E-state index contributed by atoms with van der Waals surface area (Å²) in [5.41, 5.74) is 3.54. The van der Waals surface area contributed by atoms with Crippen molar-refractivity contribution < 1.29 is 0 Å². The number of rotatable bonds is 6. The molecule has 0 saturated heterocycles. The minimum absolute atomic E-state index is 0.473. The molecule has 0 atom stereocenters. The first-order valence-corrected chi connectivity index (χ1v) is 8.41. The van der Waals surface area contributed by atoms with E-state index in [4.69, 9.17) is 5.10 Å². The van der Waals surface area contributed by atoms with Gasteiger partial charge in [-0.15, -0.1) is 11.8 Å². The summed E-state index contributed by atoms with van der Waals surface area (Å²) in [6, 6.07) is 10.8. The maximum Gasteiger partial charge on any atom is 0.105 e. The zero-order chi connectivity index (χ0) is 15.4. The van der Waals surface area contributed by atoms with Gasteiger partial charge in [0.15, 0.2) is 0 Å². The Morgan fingerprint density at radius 3 is 2.38 bits per heavy atom. The topological polar surface area (TPSA) is 29.9 Å². The second-order valence-corrected chi connectivity index (χ2v) is 7.38. The second-order valence-electron chi connectivity index (χ2n) is 5.82. The lowest BCUT2D eigenvalue weighted by Gasteiger charge is -2.13. The van der Waals surface area contributed by atoms with Crippen molar-refractivity contribution in [1.29, 1.82) is 0 Å². The van der Waals surface area contributed by atoms with E-state index in [9.17, 15) is 0 Å². The minimum atomic E-state index is 0.473. The van der Waals surface area contributed by atoms with Gasteiger partial charge < -0.3 is 5.32 Å². The lowest BCUT2D eigenvalue weighted by Crippen LogP contribution is -2.22. The summed E-state index contributed by atoms with van der Waals surface area (Å²) in [6.45, 7) is 11.8. The molecule has 0 radical (unpaired) electrons. The summed E-state index contributed by atoms with van der Waals surface area (Å²) >= 11 is 1.88. The average Bonchev–Trinajstić information content (AvgIpc) is 2.73. The molecule has 2 rings (SSSR count). The van der Waals surface area contributed by atoms with E-state index in [1.165, 1.54) is 10.6 Å². The zero-order valence-electron chi connectivity index (χ0n) is 13.6. The van der Waals surface area contributed by atoms with Crippen molar-refractivity contribution in [3.8, 4) is 5.69 Å². The standard InChI is InChI=1S/C17H25N3S/c1-12(2)18-11-16-14(5)19-20(17(16)21-13(3)4)15-9-7-6-8-10-15/h6-10,12-13,18H,11H2,1-5H3. The van der Waals surface area contributed by atoms with Gasteiger partial charge in [0.2, 0.25) is 0 Å². The van der Waals surface area contributed by atoms with Gasteiger partial charge in [-0.05, 0) is 19.1 Å². The first-order chi connectivity index (χ1) is 9.99. The van der Waals surface area contributed by atoms with E-state index in [0.717, 1.165) is 17.9 Å². The summed E-state index contributed by atoms with van der Waals surface area (Å²) in [5, 5.41) is 10.1. The van der Waals surface area contributed by atoms with Crippen molar-refractivity contribution in [1.82, 2.24) is 15.1 Å². The molecule has 21 heavy (non-hydrogen) atoms. The van der Waals surface area contributed by atoms with Crippen LogP contribution in [0.5, 0.6) is 0 Å². The molecule has 0 saturated carbocycles. The summed E-state index contributed by atoms with van der Waals surface area (Å²) < 4.78 is 2.08. The van der Waals surface area contributed by atoms with Crippen molar-refractivity contribution >= 4 is 11.8 Å². The number of nitrogens with zero attached hydrogens (tertiary/aromatic N) is 2. The van der Waals surface area contributed by atoms with Crippen molar-refractivity contribution in [2.24, 2.45) is 0 Å². The fourth-order valence-corrected chi connectivity index (χ4v) is 3.19. The van der Waals surface area contributed by atoms with Gasteiger partial charge in [0.25, 0.3) is 0 Å². The maximum absolute atomic E-state index is 4.77. The molecule has 0 aliphatic heterocycles. The number of aromatic nitrogens is 2. The molecule has 0 unspecified atom stereocenters. The van der Waals surface area contributed by atoms with E-state index >= 15 is 0 Å². The highest BCUT2D eigenvalue weighted by Crippen LogP contribution is 2.31. The number of hydrogen-bond acceptors (Lipinski definition) is 3. The molecule has 114 valence electrons. The quantitative estimate of drug-likeness (QED) is 0.812. The predicted molar refractivity (Wildman–Crippen MR) is 91.3 cm³/mol. The Kier molecular flexibility index (Phi) is 5.48. The highest BCUT2D eigenvalue weighted by molar-refractivity contribution is 7.99. The molecule has 1 N–H and O–H groups in total. The van der Waals surface area contributed by atoms with Crippen LogP contribution in [0.1, 0.15) is 39.0 Å². The lowest BCUT2D eigenvalue weighted by molar-refractivity contribution is 0.582. The summed E-state index contributed by atoms with van der Waals surface area (Å²) in [5.74, 6) is 0. The van der Waals surface area contributed by atoms with Crippen LogP contribution in [0.3, 0.4) is 0 Å². The summed E-state index contributed by atoms with van der Waals surface area (Å²) in [4.78, 5) is 0. The monoisotopic (exact) mass is 303 g/mol. The normalized spacial score (nSPS) is 11.6. The van der Waals surface area contributed by atoms with Gasteiger partial charge in [0.05, 0.1) is 11.4 Å². The van der Waals surface area contributed by atoms with Crippen LogP contribution in [0.4, 0.5) is 0 Å². The highest BCUT2D eigenvalue weighted by Gasteiger charge is 2.18. The molecule has 0 amide bonds. The van der Waals surface area contributed by atoms with Crippen LogP contribution in [0.25, 0.3) is 5.69 Å². The number of thioether (sulfide) groups is 1. The molecule has 1 aromatic carbocycles. The Bertz CT molecular complexity index is 573. The molecule has 0 spiro atoms. The Labute approximate surface area is 132 Å². The third-order valence-corrected chi connectivity index (χ3v) is 4.29. The molecular formula is C17H25N3S. The van der Waals surface area contributed by atoms with Gasteiger partial charge in [0.1, 0.15) is 5.03 Å². The number of para-hydroxylation sites is 1. The Hall–Kier alpha value is -1.26. The van der Waals surface area contributed by atoms with Gasteiger partial charge in [-0.3, -0.25) is 0 Å². The molecule has 2 aromatic rings. The van der Waals surface area contributed by atoms with E-state index < -0.39 is 0 Å². The van der Waals surface area contributed by atoms with Crippen LogP contribution < -0.4 is 5.32 Å². The molecule has 3 nitrogen and oxygen atoms in total. The third-order valence-electron chi connectivity index (χ3n) is 3.17. The molecule has 0 aliphatic rings. The highest BCUT2D eigenvalue weighted by atomic mass is 32.2.